The Morgan fingerprint density at radius 3 is 2.59 bits per heavy atom. The van der Waals surface area contributed by atoms with E-state index < -0.39 is 5.54 Å². The van der Waals surface area contributed by atoms with Crippen LogP contribution in [0.25, 0.3) is 17.2 Å². The van der Waals surface area contributed by atoms with Gasteiger partial charge in [0, 0.05) is 23.5 Å². The molecule has 1 heterocycles. The molecule has 3 aromatic rings. The van der Waals surface area contributed by atoms with E-state index in [0.717, 1.165) is 41.0 Å². The topological polar surface area (TPSA) is 66.6 Å². The fraction of sp³-hybridized carbons (Fsp3) is 0.303. The first-order valence-corrected chi connectivity index (χ1v) is 13.3. The van der Waals surface area contributed by atoms with E-state index in [0.29, 0.717) is 12.8 Å². The van der Waals surface area contributed by atoms with Crippen molar-refractivity contribution in [3.05, 3.63) is 100 Å². The number of fused-ring (bicyclic) bond motifs is 6. The molecule has 0 radical (unpaired) electrons. The maximum Gasteiger partial charge on any atom is 0.163 e. The zero-order valence-electron chi connectivity index (χ0n) is 21.8. The Labute approximate surface area is 219 Å². The van der Waals surface area contributed by atoms with Crippen molar-refractivity contribution in [2.75, 3.05) is 17.2 Å². The molecule has 0 spiro atoms. The number of hydrogen-bond donors (Lipinski definition) is 2. The summed E-state index contributed by atoms with van der Waals surface area (Å²) >= 11 is 0. The van der Waals surface area contributed by atoms with Crippen LogP contribution in [0.15, 0.2) is 72.4 Å². The van der Waals surface area contributed by atoms with Gasteiger partial charge in [0.25, 0.3) is 0 Å². The largest absolute Gasteiger partial charge is 0.399 e. The fourth-order valence-corrected chi connectivity index (χ4v) is 7.16. The highest BCUT2D eigenvalue weighted by Crippen LogP contribution is 2.52. The number of ketones is 1. The lowest BCUT2D eigenvalue weighted by Gasteiger charge is -2.49. The summed E-state index contributed by atoms with van der Waals surface area (Å²) in [7, 11) is 0. The van der Waals surface area contributed by atoms with Gasteiger partial charge in [0.2, 0.25) is 0 Å². The van der Waals surface area contributed by atoms with Gasteiger partial charge in [-0.25, -0.2) is 0 Å². The smallest absolute Gasteiger partial charge is 0.163 e. The molecule has 6 rings (SSSR count). The first kappa shape index (κ1) is 23.7. The highest BCUT2D eigenvalue weighted by molar-refractivity contribution is 5.98. The minimum Gasteiger partial charge on any atom is -0.399 e. The molecule has 0 saturated carbocycles. The van der Waals surface area contributed by atoms with E-state index in [1.54, 1.807) is 0 Å². The number of aliphatic hydroxyl groups excluding tert-OH is 1. The number of allylic oxidation sites excluding steroid dienone is 2. The Bertz CT molecular complexity index is 1500. The Hall–Kier alpha value is -3.63. The molecule has 0 amide bonds. The van der Waals surface area contributed by atoms with Crippen LogP contribution in [0.4, 0.5) is 11.4 Å². The maximum atomic E-state index is 14.2. The van der Waals surface area contributed by atoms with Gasteiger partial charge in [-0.15, -0.1) is 0 Å². The monoisotopic (exact) mass is 490 g/mol. The molecule has 3 N–H and O–H groups in total. The number of hydrogen-bond acceptors (Lipinski definition) is 4. The van der Waals surface area contributed by atoms with E-state index in [2.05, 4.69) is 68.1 Å². The number of aliphatic hydroxyl groups is 1. The zero-order chi connectivity index (χ0) is 25.9. The molecule has 1 atom stereocenters. The molecule has 1 aliphatic heterocycles. The first-order valence-electron chi connectivity index (χ1n) is 13.3. The standard InChI is InChI=1S/C33H34N2O2/c1-4-33(35-24(20-36)10-7-9-21-8-5-6-11-29(21)35)28-16-14-26-25-13-12-23(34)18-22(25)19-32(2,3)31(26)27(28)15-17-30(33)37/h5-14,16,18,36H,4,15,17,19-20,34H2,1-3H3. The van der Waals surface area contributed by atoms with Gasteiger partial charge in [0.05, 0.1) is 6.61 Å². The Kier molecular flexibility index (Phi) is 5.43. The van der Waals surface area contributed by atoms with Crippen LogP contribution in [0.1, 0.15) is 61.4 Å². The molecule has 0 fully saturated rings. The van der Waals surface area contributed by atoms with Crippen molar-refractivity contribution in [2.45, 2.75) is 57.4 Å². The van der Waals surface area contributed by atoms with E-state index >= 15 is 0 Å². The van der Waals surface area contributed by atoms with Crippen molar-refractivity contribution in [3.63, 3.8) is 0 Å². The van der Waals surface area contributed by atoms with Crippen molar-refractivity contribution < 1.29 is 9.90 Å². The van der Waals surface area contributed by atoms with Gasteiger partial charge in [-0.1, -0.05) is 69.3 Å². The number of benzene rings is 3. The molecule has 188 valence electrons. The molecule has 0 saturated heterocycles. The number of nitrogens with zero attached hydrogens (tertiary/aromatic N) is 1. The number of nitrogen functional groups attached to an aromatic ring is 1. The normalized spacial score (nSPS) is 21.4. The molecule has 3 aliphatic rings. The van der Waals surface area contributed by atoms with E-state index in [4.69, 9.17) is 5.73 Å². The van der Waals surface area contributed by atoms with E-state index in [1.165, 1.54) is 27.8 Å². The molecule has 4 heteroatoms. The fourth-order valence-electron chi connectivity index (χ4n) is 7.16. The number of carbonyl (C=O) groups excluding carboxylic acids is 1. The van der Waals surface area contributed by atoms with Crippen molar-refractivity contribution in [1.82, 2.24) is 0 Å². The highest BCUT2D eigenvalue weighted by atomic mass is 16.3. The maximum absolute atomic E-state index is 14.2. The molecule has 2 aliphatic carbocycles. The van der Waals surface area contributed by atoms with E-state index in [1.807, 2.05) is 30.4 Å². The van der Waals surface area contributed by atoms with Gasteiger partial charge in [-0.05, 0) is 87.9 Å². The van der Waals surface area contributed by atoms with Crippen molar-refractivity contribution in [3.8, 4) is 11.1 Å². The van der Waals surface area contributed by atoms with E-state index in [9.17, 15) is 9.90 Å². The molecule has 4 nitrogen and oxygen atoms in total. The van der Waals surface area contributed by atoms with Gasteiger partial charge < -0.3 is 15.7 Å². The zero-order valence-corrected chi connectivity index (χ0v) is 21.8. The Morgan fingerprint density at radius 2 is 1.81 bits per heavy atom. The predicted molar refractivity (Wildman–Crippen MR) is 151 cm³/mol. The summed E-state index contributed by atoms with van der Waals surface area (Å²) in [6, 6.07) is 18.8. The number of Topliss-reactive ketones (excluding diaryl/α,β-unsaturated/α-hetero) is 1. The van der Waals surface area contributed by atoms with Crippen molar-refractivity contribution in [2.24, 2.45) is 0 Å². The van der Waals surface area contributed by atoms with Gasteiger partial charge in [0.15, 0.2) is 5.78 Å². The number of para-hydroxylation sites is 1. The number of carbonyl (C=O) groups is 1. The lowest BCUT2D eigenvalue weighted by Crippen LogP contribution is -2.55. The molecule has 1 unspecified atom stereocenters. The summed E-state index contributed by atoms with van der Waals surface area (Å²) in [5, 5.41) is 10.5. The van der Waals surface area contributed by atoms with Crippen LogP contribution in [0.2, 0.25) is 0 Å². The average Bonchev–Trinajstić information content (AvgIpc) is 3.07. The molecular weight excluding hydrogens is 456 g/mol. The molecule has 3 aromatic carbocycles. The summed E-state index contributed by atoms with van der Waals surface area (Å²) in [6.45, 7) is 6.58. The van der Waals surface area contributed by atoms with Crippen LogP contribution >= 0.6 is 0 Å². The highest BCUT2D eigenvalue weighted by Gasteiger charge is 2.50. The van der Waals surface area contributed by atoms with Crippen LogP contribution in [0.3, 0.4) is 0 Å². The van der Waals surface area contributed by atoms with Crippen LogP contribution in [-0.4, -0.2) is 17.5 Å². The molecular formula is C33H34N2O2. The predicted octanol–water partition coefficient (Wildman–Crippen LogP) is 6.30. The van der Waals surface area contributed by atoms with Gasteiger partial charge in [0.1, 0.15) is 5.54 Å². The minimum atomic E-state index is -0.892. The van der Waals surface area contributed by atoms with Gasteiger partial charge in [-0.2, -0.15) is 0 Å². The average molecular weight is 491 g/mol. The summed E-state index contributed by atoms with van der Waals surface area (Å²) < 4.78 is 0. The number of rotatable bonds is 3. The summed E-state index contributed by atoms with van der Waals surface area (Å²) in [5.41, 5.74) is 16.2. The third-order valence-electron chi connectivity index (χ3n) is 8.64. The second-order valence-electron chi connectivity index (χ2n) is 11.2. The SMILES string of the molecule is CCC1(N2C(CO)=CC=Cc3ccccc32)C(=O)CCc2c1ccc1c2C(C)(C)Cc2cc(N)ccc2-1. The minimum absolute atomic E-state index is 0.102. The third-order valence-corrected chi connectivity index (χ3v) is 8.64. The Balaban J connectivity index is 1.65. The van der Waals surface area contributed by atoms with E-state index in [-0.39, 0.29) is 17.8 Å². The molecule has 37 heavy (non-hydrogen) atoms. The van der Waals surface area contributed by atoms with Crippen LogP contribution in [0, 0.1) is 0 Å². The summed E-state index contributed by atoms with van der Waals surface area (Å²) in [5.74, 6) is 0.209. The lowest BCUT2D eigenvalue weighted by atomic mass is 9.63. The number of nitrogens with two attached hydrogens (primary N) is 1. The number of anilines is 2. The van der Waals surface area contributed by atoms with Crippen LogP contribution in [0.5, 0.6) is 0 Å². The lowest BCUT2D eigenvalue weighted by molar-refractivity contribution is -0.125. The molecule has 0 bridgehead atoms. The van der Waals surface area contributed by atoms with Gasteiger partial charge >= 0.3 is 0 Å². The van der Waals surface area contributed by atoms with Crippen molar-refractivity contribution in [1.29, 1.82) is 0 Å². The van der Waals surface area contributed by atoms with Crippen molar-refractivity contribution >= 4 is 23.2 Å². The summed E-state index contributed by atoms with van der Waals surface area (Å²) in [4.78, 5) is 16.3. The third kappa shape index (κ3) is 3.35. The Morgan fingerprint density at radius 1 is 1.03 bits per heavy atom. The second kappa shape index (κ2) is 8.46. The van der Waals surface area contributed by atoms with Crippen LogP contribution < -0.4 is 10.6 Å². The summed E-state index contributed by atoms with van der Waals surface area (Å²) in [6.07, 6.45) is 8.70. The second-order valence-corrected chi connectivity index (χ2v) is 11.2. The quantitative estimate of drug-likeness (QED) is 0.423. The van der Waals surface area contributed by atoms with Gasteiger partial charge in [-0.3, -0.25) is 4.79 Å². The molecule has 0 aromatic heterocycles. The van der Waals surface area contributed by atoms with Crippen LogP contribution in [-0.2, 0) is 28.6 Å². The first-order chi connectivity index (χ1) is 17.8.